The van der Waals surface area contributed by atoms with Crippen LogP contribution in [0.1, 0.15) is 38.3 Å². The Balaban J connectivity index is 0.00000380. The monoisotopic (exact) mass is 501 g/mol. The van der Waals surface area contributed by atoms with Gasteiger partial charge in [-0.3, -0.25) is 4.79 Å². The van der Waals surface area contributed by atoms with Gasteiger partial charge in [0.2, 0.25) is 0 Å². The molecule has 0 unspecified atom stereocenters. The number of nitrogens with zero attached hydrogens (tertiary/aromatic N) is 1. The average Bonchev–Trinajstić information content (AvgIpc) is 2.93. The van der Waals surface area contributed by atoms with Crippen LogP contribution in [-0.4, -0.2) is 30.4 Å². The van der Waals surface area contributed by atoms with Crippen molar-refractivity contribution in [3.8, 4) is 16.9 Å². The Kier molecular flexibility index (Phi) is 10.5. The number of ether oxygens (including phenoxy) is 1. The molecule has 0 radical (unpaired) electrons. The van der Waals surface area contributed by atoms with Crippen LogP contribution in [0.2, 0.25) is 0 Å². The number of carbonyl (C=O) groups excluding carboxylic acids is 2. The number of benzene rings is 4. The minimum absolute atomic E-state index is 0. The molecule has 0 saturated heterocycles. The van der Waals surface area contributed by atoms with Crippen LogP contribution in [0.25, 0.3) is 11.1 Å². The van der Waals surface area contributed by atoms with Crippen molar-refractivity contribution in [3.63, 3.8) is 0 Å². The second kappa shape index (κ2) is 13.8. The van der Waals surface area contributed by atoms with Crippen molar-refractivity contribution in [2.45, 2.75) is 19.4 Å². The molecule has 4 aromatic rings. The SMILES string of the molecule is COc1ccc(C(=O)N(CCCc2ccccc2)Cc2ccc(-c3ccc(C(=O)[O-])cc3)cc2)cc1.[Na+]. The first-order valence-corrected chi connectivity index (χ1v) is 11.9. The minimum Gasteiger partial charge on any atom is -0.545 e. The predicted octanol–water partition coefficient (Wildman–Crippen LogP) is 2.00. The number of carboxylic acids is 1. The zero-order valence-electron chi connectivity index (χ0n) is 21.2. The summed E-state index contributed by atoms with van der Waals surface area (Å²) in [5.74, 6) is -0.496. The van der Waals surface area contributed by atoms with Crippen molar-refractivity contribution < 1.29 is 49.0 Å². The van der Waals surface area contributed by atoms with Gasteiger partial charge in [0.25, 0.3) is 5.91 Å². The number of carboxylic acid groups (broad SMARTS) is 1. The summed E-state index contributed by atoms with van der Waals surface area (Å²) in [4.78, 5) is 26.3. The summed E-state index contributed by atoms with van der Waals surface area (Å²) in [5.41, 5.74) is 4.94. The van der Waals surface area contributed by atoms with Crippen LogP contribution >= 0.6 is 0 Å². The molecule has 0 atom stereocenters. The third kappa shape index (κ3) is 7.80. The van der Waals surface area contributed by atoms with E-state index in [1.54, 1.807) is 55.6 Å². The molecule has 0 fully saturated rings. The van der Waals surface area contributed by atoms with Gasteiger partial charge in [-0.25, -0.2) is 0 Å². The van der Waals surface area contributed by atoms with Gasteiger partial charge in [-0.15, -0.1) is 0 Å². The number of hydrogen-bond donors (Lipinski definition) is 0. The molecule has 4 aromatic carbocycles. The Morgan fingerprint density at radius 3 is 1.86 bits per heavy atom. The first-order chi connectivity index (χ1) is 17.5. The summed E-state index contributed by atoms with van der Waals surface area (Å²) < 4.78 is 5.23. The molecular formula is C31H28NNaO4. The zero-order chi connectivity index (χ0) is 25.3. The molecule has 6 heteroatoms. The van der Waals surface area contributed by atoms with Crippen LogP contribution in [0.3, 0.4) is 0 Å². The van der Waals surface area contributed by atoms with Crippen LogP contribution in [0.4, 0.5) is 0 Å². The van der Waals surface area contributed by atoms with Gasteiger partial charge in [0, 0.05) is 18.7 Å². The second-order valence-electron chi connectivity index (χ2n) is 8.61. The predicted molar refractivity (Wildman–Crippen MR) is 139 cm³/mol. The Hall–Kier alpha value is -3.38. The molecular weight excluding hydrogens is 473 g/mol. The van der Waals surface area contributed by atoms with Gasteiger partial charge in [-0.05, 0) is 64.9 Å². The van der Waals surface area contributed by atoms with Crippen LogP contribution in [-0.2, 0) is 13.0 Å². The Bertz CT molecular complexity index is 1290. The molecule has 0 heterocycles. The second-order valence-corrected chi connectivity index (χ2v) is 8.61. The van der Waals surface area contributed by atoms with E-state index >= 15 is 0 Å². The third-order valence-electron chi connectivity index (χ3n) is 6.14. The van der Waals surface area contributed by atoms with Gasteiger partial charge in [0.05, 0.1) is 13.1 Å². The standard InChI is InChI=1S/C31H29NO4.Na/c1-36-29-19-17-27(18-20-29)30(33)32(21-5-8-23-6-3-2-4-7-23)22-24-9-11-25(12-10-24)26-13-15-28(16-14-26)31(34)35;/h2-4,6-7,9-20H,5,8,21-22H2,1H3,(H,34,35);/q;+1/p-1. The zero-order valence-corrected chi connectivity index (χ0v) is 23.2. The normalized spacial score (nSPS) is 10.3. The van der Waals surface area contributed by atoms with Crippen molar-refractivity contribution in [1.29, 1.82) is 0 Å². The smallest absolute Gasteiger partial charge is 0.545 e. The van der Waals surface area contributed by atoms with Crippen LogP contribution < -0.4 is 39.4 Å². The van der Waals surface area contributed by atoms with Crippen molar-refractivity contribution in [1.82, 2.24) is 4.90 Å². The topological polar surface area (TPSA) is 69.7 Å². The number of aromatic carboxylic acids is 1. The van der Waals surface area contributed by atoms with E-state index in [0.717, 1.165) is 29.5 Å². The van der Waals surface area contributed by atoms with Gasteiger partial charge in [-0.1, -0.05) is 78.9 Å². The number of methoxy groups -OCH3 is 1. The maximum atomic E-state index is 13.4. The summed E-state index contributed by atoms with van der Waals surface area (Å²) in [6.45, 7) is 1.12. The Labute approximate surface area is 240 Å². The van der Waals surface area contributed by atoms with Crippen molar-refractivity contribution in [3.05, 3.63) is 125 Å². The Morgan fingerprint density at radius 2 is 1.30 bits per heavy atom. The van der Waals surface area contributed by atoms with E-state index in [1.807, 2.05) is 47.4 Å². The van der Waals surface area contributed by atoms with E-state index in [-0.39, 0.29) is 41.0 Å². The molecule has 0 aliphatic carbocycles. The van der Waals surface area contributed by atoms with Crippen LogP contribution in [0, 0.1) is 0 Å². The average molecular weight is 502 g/mol. The van der Waals surface area contributed by atoms with E-state index in [4.69, 9.17) is 4.74 Å². The van der Waals surface area contributed by atoms with E-state index in [9.17, 15) is 14.7 Å². The van der Waals surface area contributed by atoms with E-state index in [2.05, 4.69) is 12.1 Å². The van der Waals surface area contributed by atoms with E-state index in [1.165, 1.54) is 5.56 Å². The molecule has 5 nitrogen and oxygen atoms in total. The van der Waals surface area contributed by atoms with Gasteiger partial charge in [0.15, 0.2) is 0 Å². The summed E-state index contributed by atoms with van der Waals surface area (Å²) in [6.07, 6.45) is 1.75. The fourth-order valence-electron chi connectivity index (χ4n) is 4.11. The number of aryl methyl sites for hydroxylation is 1. The molecule has 0 aliphatic rings. The molecule has 0 spiro atoms. The van der Waals surface area contributed by atoms with E-state index in [0.29, 0.717) is 24.4 Å². The molecule has 182 valence electrons. The molecule has 1 amide bonds. The third-order valence-corrected chi connectivity index (χ3v) is 6.14. The maximum Gasteiger partial charge on any atom is 1.00 e. The number of amides is 1. The summed E-state index contributed by atoms with van der Waals surface area (Å²) in [7, 11) is 1.61. The van der Waals surface area contributed by atoms with Gasteiger partial charge < -0.3 is 19.5 Å². The summed E-state index contributed by atoms with van der Waals surface area (Å²) in [5, 5.41) is 11.0. The van der Waals surface area contributed by atoms with Gasteiger partial charge >= 0.3 is 29.6 Å². The molecule has 4 rings (SSSR count). The first-order valence-electron chi connectivity index (χ1n) is 11.9. The van der Waals surface area contributed by atoms with Gasteiger partial charge in [0.1, 0.15) is 5.75 Å². The van der Waals surface area contributed by atoms with Crippen molar-refractivity contribution >= 4 is 11.9 Å². The summed E-state index contributed by atoms with van der Waals surface area (Å²) in [6, 6.07) is 32.1. The van der Waals surface area contributed by atoms with Gasteiger partial charge in [-0.2, -0.15) is 0 Å². The number of rotatable bonds is 10. The molecule has 0 bridgehead atoms. The maximum absolute atomic E-state index is 13.4. The van der Waals surface area contributed by atoms with Crippen LogP contribution in [0.5, 0.6) is 5.75 Å². The van der Waals surface area contributed by atoms with Crippen molar-refractivity contribution in [2.24, 2.45) is 0 Å². The van der Waals surface area contributed by atoms with E-state index < -0.39 is 5.97 Å². The fraction of sp³-hybridized carbons (Fsp3) is 0.161. The summed E-state index contributed by atoms with van der Waals surface area (Å²) >= 11 is 0. The molecule has 0 saturated carbocycles. The molecule has 37 heavy (non-hydrogen) atoms. The first kappa shape index (κ1) is 28.2. The largest absolute Gasteiger partial charge is 1.00 e. The minimum atomic E-state index is -1.19. The number of carbonyl (C=O) groups is 2. The Morgan fingerprint density at radius 1 is 0.730 bits per heavy atom. The molecule has 0 aliphatic heterocycles. The molecule has 0 aromatic heterocycles. The fourth-order valence-corrected chi connectivity index (χ4v) is 4.11. The number of hydrogen-bond acceptors (Lipinski definition) is 4. The van der Waals surface area contributed by atoms with Crippen molar-refractivity contribution in [2.75, 3.05) is 13.7 Å². The quantitative estimate of drug-likeness (QED) is 0.312. The van der Waals surface area contributed by atoms with Crippen LogP contribution in [0.15, 0.2) is 103 Å². The molecule has 0 N–H and O–H groups in total.